The van der Waals surface area contributed by atoms with E-state index < -0.39 is 16.1 Å². The molecule has 0 spiro atoms. The van der Waals surface area contributed by atoms with Crippen LogP contribution < -0.4 is 0 Å². The van der Waals surface area contributed by atoms with Crippen LogP contribution in [0.4, 0.5) is 0 Å². The lowest BCUT2D eigenvalue weighted by Gasteiger charge is -1.99. The number of benzene rings is 2. The van der Waals surface area contributed by atoms with E-state index in [2.05, 4.69) is 0 Å². The third kappa shape index (κ3) is 5.72. The van der Waals surface area contributed by atoms with Gasteiger partial charge in [-0.2, -0.15) is 8.42 Å². The summed E-state index contributed by atoms with van der Waals surface area (Å²) < 4.78 is 30.5. The number of hydrogen-bond donors (Lipinski definition) is 2. The van der Waals surface area contributed by atoms with Crippen molar-refractivity contribution in [2.75, 3.05) is 0 Å². The van der Waals surface area contributed by atoms with E-state index in [4.69, 9.17) is 9.66 Å². The third-order valence-corrected chi connectivity index (χ3v) is 3.27. The first kappa shape index (κ1) is 16.8. The van der Waals surface area contributed by atoms with Crippen molar-refractivity contribution in [2.24, 2.45) is 0 Å². The Balaban J connectivity index is 0.000000270. The van der Waals surface area contributed by atoms with Gasteiger partial charge in [-0.05, 0) is 29.8 Å². The van der Waals surface area contributed by atoms with Gasteiger partial charge in [0.05, 0.1) is 4.90 Å². The monoisotopic (exact) mass is 310 g/mol. The number of hydrogen-bond acceptors (Lipinski definition) is 4. The molecule has 0 aliphatic heterocycles. The van der Waals surface area contributed by atoms with E-state index in [9.17, 15) is 18.0 Å². The van der Waals surface area contributed by atoms with E-state index in [0.717, 1.165) is 10.8 Å². The van der Waals surface area contributed by atoms with E-state index >= 15 is 0 Å². The van der Waals surface area contributed by atoms with Crippen LogP contribution in [0.5, 0.6) is 0 Å². The minimum absolute atomic E-state index is 0.0730. The first-order valence-corrected chi connectivity index (χ1v) is 7.31. The molecule has 0 amide bonds. The summed E-state index contributed by atoms with van der Waals surface area (Å²) in [5.41, 5.74) is 0. The average molecular weight is 310 g/mol. The number of aliphatic carboxylic acids is 1. The highest BCUT2D eigenvalue weighted by Crippen LogP contribution is 2.18. The Morgan fingerprint density at radius 3 is 2.05 bits per heavy atom. The Bertz CT molecular complexity index is 752. The molecule has 2 N–H and O–H groups in total. The minimum atomic E-state index is -4.09. The van der Waals surface area contributed by atoms with Gasteiger partial charge in [0.2, 0.25) is 0 Å². The predicted octanol–water partition coefficient (Wildman–Crippen LogP) is 2.14. The maximum atomic E-state index is 10.8. The zero-order chi connectivity index (χ0) is 16.0. The van der Waals surface area contributed by atoms with E-state index in [0.29, 0.717) is 0 Å². The molecule has 0 aliphatic rings. The van der Waals surface area contributed by atoms with E-state index in [1.165, 1.54) is 19.1 Å². The van der Waals surface area contributed by atoms with Crippen LogP contribution in [-0.4, -0.2) is 29.8 Å². The van der Waals surface area contributed by atoms with Crippen molar-refractivity contribution in [1.29, 1.82) is 0 Å². The highest BCUT2D eigenvalue weighted by Gasteiger charge is 2.08. The summed E-state index contributed by atoms with van der Waals surface area (Å²) in [6.45, 7) is 1.24. The number of carbonyl (C=O) groups excluding carboxylic acids is 1. The topological polar surface area (TPSA) is 109 Å². The SMILES string of the molecule is CC(=O)CC(=O)O.O=S(=O)(O)c1ccc2ccccc2c1. The highest BCUT2D eigenvalue weighted by molar-refractivity contribution is 7.85. The lowest BCUT2D eigenvalue weighted by atomic mass is 10.1. The van der Waals surface area contributed by atoms with Crippen molar-refractivity contribution in [1.82, 2.24) is 0 Å². The van der Waals surface area contributed by atoms with Gasteiger partial charge in [0.1, 0.15) is 12.2 Å². The summed E-state index contributed by atoms with van der Waals surface area (Å²) in [4.78, 5) is 19.4. The fraction of sp³-hybridized carbons (Fsp3) is 0.143. The van der Waals surface area contributed by atoms with Crippen LogP contribution in [0, 0.1) is 0 Å². The van der Waals surface area contributed by atoms with Gasteiger partial charge in [-0.3, -0.25) is 14.1 Å². The summed E-state index contributed by atoms with van der Waals surface area (Å²) in [6.07, 6.45) is -0.361. The van der Waals surface area contributed by atoms with Crippen LogP contribution in [-0.2, 0) is 19.7 Å². The van der Waals surface area contributed by atoms with E-state index in [1.807, 2.05) is 18.2 Å². The van der Waals surface area contributed by atoms with Crippen LogP contribution in [0.15, 0.2) is 47.4 Å². The summed E-state index contributed by atoms with van der Waals surface area (Å²) in [5, 5.41) is 9.60. The van der Waals surface area contributed by atoms with Crippen LogP contribution >= 0.6 is 0 Å². The molecule has 0 radical (unpaired) electrons. The summed E-state index contributed by atoms with van der Waals surface area (Å²) in [6, 6.07) is 11.9. The van der Waals surface area contributed by atoms with Crippen molar-refractivity contribution in [2.45, 2.75) is 18.2 Å². The van der Waals surface area contributed by atoms with Gasteiger partial charge in [-0.1, -0.05) is 30.3 Å². The van der Waals surface area contributed by atoms with Gasteiger partial charge >= 0.3 is 5.97 Å². The van der Waals surface area contributed by atoms with Gasteiger partial charge in [-0.15, -0.1) is 0 Å². The molecular weight excluding hydrogens is 296 g/mol. The molecule has 2 aromatic carbocycles. The number of carboxylic acid groups (broad SMARTS) is 1. The molecule has 2 rings (SSSR count). The van der Waals surface area contributed by atoms with Crippen molar-refractivity contribution in [3.05, 3.63) is 42.5 Å². The first-order valence-electron chi connectivity index (χ1n) is 5.87. The molecule has 0 fully saturated rings. The molecule has 6 nitrogen and oxygen atoms in total. The molecule has 0 bridgehead atoms. The van der Waals surface area contributed by atoms with Crippen molar-refractivity contribution in [3.8, 4) is 0 Å². The Morgan fingerprint density at radius 1 is 1.05 bits per heavy atom. The molecule has 0 saturated carbocycles. The smallest absolute Gasteiger partial charge is 0.310 e. The number of rotatable bonds is 3. The molecule has 112 valence electrons. The lowest BCUT2D eigenvalue weighted by molar-refractivity contribution is -0.139. The maximum Gasteiger partial charge on any atom is 0.310 e. The Hall–Kier alpha value is -2.25. The molecule has 0 unspecified atom stereocenters. The fourth-order valence-electron chi connectivity index (χ4n) is 1.54. The third-order valence-electron chi connectivity index (χ3n) is 2.42. The lowest BCUT2D eigenvalue weighted by Crippen LogP contribution is -2.00. The minimum Gasteiger partial charge on any atom is -0.481 e. The molecule has 0 aromatic heterocycles. The second-order valence-corrected chi connectivity index (χ2v) is 5.68. The number of fused-ring (bicyclic) bond motifs is 1. The van der Waals surface area contributed by atoms with Crippen LogP contribution in [0.1, 0.15) is 13.3 Å². The Morgan fingerprint density at radius 2 is 1.62 bits per heavy atom. The maximum absolute atomic E-state index is 10.8. The van der Waals surface area contributed by atoms with Crippen LogP contribution in [0.2, 0.25) is 0 Å². The largest absolute Gasteiger partial charge is 0.481 e. The number of ketones is 1. The molecule has 0 heterocycles. The van der Waals surface area contributed by atoms with Gasteiger partial charge in [0, 0.05) is 0 Å². The Labute approximate surface area is 121 Å². The average Bonchev–Trinajstić information content (AvgIpc) is 2.36. The van der Waals surface area contributed by atoms with Crippen LogP contribution in [0.3, 0.4) is 0 Å². The number of carboxylic acids is 1. The number of carbonyl (C=O) groups is 2. The van der Waals surface area contributed by atoms with Gasteiger partial charge < -0.3 is 5.11 Å². The molecular formula is C14H14O6S. The zero-order valence-corrected chi connectivity index (χ0v) is 12.0. The van der Waals surface area contributed by atoms with Crippen molar-refractivity contribution < 1.29 is 27.7 Å². The molecule has 0 saturated heterocycles. The van der Waals surface area contributed by atoms with E-state index in [1.54, 1.807) is 12.1 Å². The van der Waals surface area contributed by atoms with Crippen molar-refractivity contribution >= 4 is 32.6 Å². The quantitative estimate of drug-likeness (QED) is 0.664. The molecule has 21 heavy (non-hydrogen) atoms. The fourth-order valence-corrected chi connectivity index (χ4v) is 2.06. The van der Waals surface area contributed by atoms with Crippen molar-refractivity contribution in [3.63, 3.8) is 0 Å². The van der Waals surface area contributed by atoms with Gasteiger partial charge in [0.25, 0.3) is 10.1 Å². The normalized spacial score (nSPS) is 10.6. The van der Waals surface area contributed by atoms with Gasteiger partial charge in [0.15, 0.2) is 0 Å². The molecule has 2 aromatic rings. The van der Waals surface area contributed by atoms with Gasteiger partial charge in [-0.25, -0.2) is 0 Å². The zero-order valence-electron chi connectivity index (χ0n) is 11.2. The summed E-state index contributed by atoms with van der Waals surface area (Å²) in [7, 11) is -4.09. The molecule has 0 aliphatic carbocycles. The predicted molar refractivity (Wildman–Crippen MR) is 76.7 cm³/mol. The summed E-state index contributed by atoms with van der Waals surface area (Å²) >= 11 is 0. The second-order valence-electron chi connectivity index (χ2n) is 4.26. The van der Waals surface area contributed by atoms with Crippen LogP contribution in [0.25, 0.3) is 10.8 Å². The standard InChI is InChI=1S/C10H8O3S.C4H6O3/c11-14(12,13)10-6-5-8-3-1-2-4-9(8)7-10;1-3(5)2-4(6)7/h1-7H,(H,11,12,13);2H2,1H3,(H,6,7). The first-order chi connectivity index (χ1) is 9.70. The summed E-state index contributed by atoms with van der Waals surface area (Å²) in [5.74, 6) is -1.37. The second kappa shape index (κ2) is 6.96. The Kier molecular flexibility index (Phi) is 5.57. The molecule has 7 heteroatoms. The molecule has 0 atom stereocenters. The van der Waals surface area contributed by atoms with E-state index in [-0.39, 0.29) is 17.1 Å². The number of Topliss-reactive ketones (excluding diaryl/α,β-unsaturated/α-hetero) is 1. The highest BCUT2D eigenvalue weighted by atomic mass is 32.2.